The van der Waals surface area contributed by atoms with Crippen molar-refractivity contribution in [2.45, 2.75) is 32.2 Å². The van der Waals surface area contributed by atoms with Crippen LogP contribution >= 0.6 is 0 Å². The van der Waals surface area contributed by atoms with Crippen molar-refractivity contribution in [1.29, 1.82) is 0 Å². The highest BCUT2D eigenvalue weighted by molar-refractivity contribution is 5.86. The van der Waals surface area contributed by atoms with Crippen LogP contribution < -0.4 is 5.32 Å². The summed E-state index contributed by atoms with van der Waals surface area (Å²) in [6, 6.07) is -1.46. The van der Waals surface area contributed by atoms with Gasteiger partial charge in [0.2, 0.25) is 5.91 Å². The van der Waals surface area contributed by atoms with Crippen molar-refractivity contribution in [2.24, 2.45) is 0 Å². The molecule has 7 heteroatoms. The van der Waals surface area contributed by atoms with Gasteiger partial charge in [-0.1, -0.05) is 6.92 Å². The normalized spacial score (nSPS) is 16.0. The maximum absolute atomic E-state index is 11.8. The van der Waals surface area contributed by atoms with Crippen LogP contribution in [0.25, 0.3) is 0 Å². The van der Waals surface area contributed by atoms with E-state index in [1.807, 2.05) is 0 Å². The molecular weight excluding hydrogens is 250 g/mol. The van der Waals surface area contributed by atoms with Crippen molar-refractivity contribution in [3.63, 3.8) is 0 Å². The molecule has 0 aliphatic carbocycles. The monoisotopic (exact) mass is 271 g/mol. The number of nitrogens with one attached hydrogen (secondary N) is 1. The fourth-order valence-corrected chi connectivity index (χ4v) is 1.94. The summed E-state index contributed by atoms with van der Waals surface area (Å²) >= 11 is 0. The number of rotatable bonds is 5. The van der Waals surface area contributed by atoms with Crippen LogP contribution in [0.15, 0.2) is 0 Å². The molecule has 1 heterocycles. The van der Waals surface area contributed by atoms with E-state index in [4.69, 9.17) is 5.11 Å². The molecule has 7 nitrogen and oxygen atoms in total. The summed E-state index contributed by atoms with van der Waals surface area (Å²) in [5.41, 5.74) is 0. The molecule has 0 aromatic heterocycles. The van der Waals surface area contributed by atoms with Crippen molar-refractivity contribution in [3.05, 3.63) is 0 Å². The molecule has 108 valence electrons. The highest BCUT2D eigenvalue weighted by Crippen LogP contribution is 2.07. The Morgan fingerprint density at radius 2 is 1.89 bits per heavy atom. The zero-order valence-corrected chi connectivity index (χ0v) is 11.4. The molecule has 19 heavy (non-hydrogen) atoms. The molecule has 0 radical (unpaired) electrons. The number of hydrogen-bond acceptors (Lipinski definition) is 3. The smallest absolute Gasteiger partial charge is 0.326 e. The molecule has 1 atom stereocenters. The maximum atomic E-state index is 11.8. The number of carbonyl (C=O) groups excluding carboxylic acids is 2. The predicted molar refractivity (Wildman–Crippen MR) is 68.7 cm³/mol. The van der Waals surface area contributed by atoms with Crippen LogP contribution in [0.3, 0.4) is 0 Å². The number of likely N-dealkylation sites (tertiary alicyclic amines) is 1. The van der Waals surface area contributed by atoms with E-state index in [1.165, 1.54) is 11.9 Å². The molecule has 0 aromatic carbocycles. The largest absolute Gasteiger partial charge is 0.480 e. The maximum Gasteiger partial charge on any atom is 0.326 e. The van der Waals surface area contributed by atoms with E-state index in [-0.39, 0.29) is 12.5 Å². The van der Waals surface area contributed by atoms with E-state index in [2.05, 4.69) is 5.32 Å². The summed E-state index contributed by atoms with van der Waals surface area (Å²) in [6.45, 7) is 3.12. The Labute approximate surface area is 112 Å². The lowest BCUT2D eigenvalue weighted by atomic mass is 10.2. The molecule has 1 aliphatic heterocycles. The highest BCUT2D eigenvalue weighted by Gasteiger charge is 2.23. The van der Waals surface area contributed by atoms with Gasteiger partial charge in [-0.25, -0.2) is 9.59 Å². The van der Waals surface area contributed by atoms with Gasteiger partial charge in [0.05, 0.1) is 0 Å². The lowest BCUT2D eigenvalue weighted by Gasteiger charge is -2.23. The van der Waals surface area contributed by atoms with Crippen molar-refractivity contribution >= 4 is 17.9 Å². The number of likely N-dealkylation sites (N-methyl/N-ethyl adjacent to an activating group) is 1. The molecule has 1 aliphatic rings. The van der Waals surface area contributed by atoms with Gasteiger partial charge in [0.15, 0.2) is 0 Å². The summed E-state index contributed by atoms with van der Waals surface area (Å²) < 4.78 is 0. The lowest BCUT2D eigenvalue weighted by molar-refractivity contribution is -0.139. The highest BCUT2D eigenvalue weighted by atomic mass is 16.4. The number of carboxylic acids is 1. The molecule has 1 rings (SSSR count). The van der Waals surface area contributed by atoms with E-state index in [0.29, 0.717) is 6.42 Å². The first-order valence-corrected chi connectivity index (χ1v) is 6.48. The van der Waals surface area contributed by atoms with Crippen molar-refractivity contribution in [3.8, 4) is 0 Å². The van der Waals surface area contributed by atoms with Crippen LogP contribution in [0.4, 0.5) is 4.79 Å². The Hall–Kier alpha value is -1.79. The fraction of sp³-hybridized carbons (Fsp3) is 0.750. The van der Waals surface area contributed by atoms with E-state index < -0.39 is 18.0 Å². The molecule has 0 saturated carbocycles. The van der Waals surface area contributed by atoms with Gasteiger partial charge in [-0.05, 0) is 19.3 Å². The van der Waals surface area contributed by atoms with Gasteiger partial charge < -0.3 is 20.2 Å². The van der Waals surface area contributed by atoms with Gasteiger partial charge in [0, 0.05) is 20.1 Å². The third-order valence-corrected chi connectivity index (χ3v) is 3.18. The number of carboxylic acid groups (broad SMARTS) is 1. The number of hydrogen-bond donors (Lipinski definition) is 2. The Morgan fingerprint density at radius 3 is 2.37 bits per heavy atom. The van der Waals surface area contributed by atoms with Gasteiger partial charge in [0.25, 0.3) is 0 Å². The summed E-state index contributed by atoms with van der Waals surface area (Å²) in [5.74, 6) is -1.17. The summed E-state index contributed by atoms with van der Waals surface area (Å²) in [6.07, 6.45) is 2.30. The molecule has 1 fully saturated rings. The SMILES string of the molecule is CC[C@H](NC(=O)N(C)CC(=O)N1CCCC1)C(=O)O. The second-order valence-electron chi connectivity index (χ2n) is 4.69. The fourth-order valence-electron chi connectivity index (χ4n) is 1.94. The van der Waals surface area contributed by atoms with Gasteiger partial charge >= 0.3 is 12.0 Å². The first kappa shape index (κ1) is 15.3. The van der Waals surface area contributed by atoms with Gasteiger partial charge in [-0.2, -0.15) is 0 Å². The van der Waals surface area contributed by atoms with Crippen LogP contribution in [0, 0.1) is 0 Å². The minimum atomic E-state index is -1.07. The molecule has 0 spiro atoms. The van der Waals surface area contributed by atoms with Crippen LogP contribution in [-0.2, 0) is 9.59 Å². The van der Waals surface area contributed by atoms with Crippen molar-refractivity contribution in [2.75, 3.05) is 26.7 Å². The number of carbonyl (C=O) groups is 3. The number of aliphatic carboxylic acids is 1. The molecule has 3 amide bonds. The molecule has 0 bridgehead atoms. The lowest BCUT2D eigenvalue weighted by Crippen LogP contribution is -2.49. The number of nitrogens with zero attached hydrogens (tertiary/aromatic N) is 2. The van der Waals surface area contributed by atoms with E-state index in [1.54, 1.807) is 11.8 Å². The second-order valence-corrected chi connectivity index (χ2v) is 4.69. The Morgan fingerprint density at radius 1 is 1.32 bits per heavy atom. The average molecular weight is 271 g/mol. The Bertz CT molecular complexity index is 353. The first-order chi connectivity index (χ1) is 8.95. The number of amides is 3. The standard InChI is InChI=1S/C12H21N3O4/c1-3-9(11(17)18)13-12(19)14(2)8-10(16)15-6-4-5-7-15/h9H,3-8H2,1-2H3,(H,13,19)(H,17,18)/t9-/m0/s1. The summed E-state index contributed by atoms with van der Waals surface area (Å²) in [7, 11) is 1.48. The molecule has 1 saturated heterocycles. The van der Waals surface area contributed by atoms with Gasteiger partial charge in [0.1, 0.15) is 12.6 Å². The topological polar surface area (TPSA) is 90.0 Å². The quantitative estimate of drug-likeness (QED) is 0.743. The summed E-state index contributed by atoms with van der Waals surface area (Å²) in [5, 5.41) is 11.2. The average Bonchev–Trinajstić information content (AvgIpc) is 2.88. The molecule has 0 unspecified atom stereocenters. The van der Waals surface area contributed by atoms with E-state index in [9.17, 15) is 14.4 Å². The predicted octanol–water partition coefficient (Wildman–Crippen LogP) is 0.113. The van der Waals surface area contributed by atoms with Crippen molar-refractivity contribution in [1.82, 2.24) is 15.1 Å². The second kappa shape index (κ2) is 6.96. The minimum Gasteiger partial charge on any atom is -0.480 e. The van der Waals surface area contributed by atoms with Crippen molar-refractivity contribution < 1.29 is 19.5 Å². The van der Waals surface area contributed by atoms with Crippen LogP contribution in [0.2, 0.25) is 0 Å². The third-order valence-electron chi connectivity index (χ3n) is 3.18. The van der Waals surface area contributed by atoms with Gasteiger partial charge in [-0.15, -0.1) is 0 Å². The van der Waals surface area contributed by atoms with Gasteiger partial charge in [-0.3, -0.25) is 4.79 Å². The molecular formula is C12H21N3O4. The number of urea groups is 1. The van der Waals surface area contributed by atoms with E-state index in [0.717, 1.165) is 25.9 Å². The van der Waals surface area contributed by atoms with E-state index >= 15 is 0 Å². The minimum absolute atomic E-state index is 0.0259. The molecule has 0 aromatic rings. The zero-order valence-electron chi connectivity index (χ0n) is 11.4. The van der Waals surface area contributed by atoms with Crippen LogP contribution in [-0.4, -0.2) is 65.5 Å². The third kappa shape index (κ3) is 4.42. The zero-order chi connectivity index (χ0) is 14.4. The Balaban J connectivity index is 2.43. The van der Waals surface area contributed by atoms with Crippen LogP contribution in [0.1, 0.15) is 26.2 Å². The molecule has 2 N–H and O–H groups in total. The van der Waals surface area contributed by atoms with Crippen LogP contribution in [0.5, 0.6) is 0 Å². The Kier molecular flexibility index (Phi) is 5.59. The first-order valence-electron chi connectivity index (χ1n) is 6.48. The summed E-state index contributed by atoms with van der Waals surface area (Å²) in [4.78, 5) is 37.3.